The lowest BCUT2D eigenvalue weighted by atomic mass is 9.94. The second-order valence-electron chi connectivity index (χ2n) is 4.95. The van der Waals surface area contributed by atoms with E-state index < -0.39 is 5.97 Å². The molecule has 1 saturated carbocycles. The number of hydrogen-bond acceptors (Lipinski definition) is 3. The number of esters is 1. The predicted molar refractivity (Wildman–Crippen MR) is 73.4 cm³/mol. The molecule has 0 N–H and O–H groups in total. The first-order valence-corrected chi connectivity index (χ1v) is 6.71. The number of Topliss-reactive ketones (excluding diaryl/α,β-unsaturated/α-hetero) is 1. The molecule has 0 atom stereocenters. The van der Waals surface area contributed by atoms with Crippen LogP contribution in [0.15, 0.2) is 29.8 Å². The molecule has 106 valence electrons. The van der Waals surface area contributed by atoms with Crippen LogP contribution < -0.4 is 0 Å². The van der Waals surface area contributed by atoms with Gasteiger partial charge in [0.05, 0.1) is 7.11 Å². The number of carbonyl (C=O) groups excluding carboxylic acids is 2. The number of hydrogen-bond donors (Lipinski definition) is 0. The minimum absolute atomic E-state index is 0.0472. The highest BCUT2D eigenvalue weighted by atomic mass is 19.1. The van der Waals surface area contributed by atoms with Gasteiger partial charge in [-0.1, -0.05) is 25.0 Å². The van der Waals surface area contributed by atoms with Crippen LogP contribution in [0.25, 0.3) is 6.08 Å². The Hall–Kier alpha value is -1.97. The predicted octanol–water partition coefficient (Wildman–Crippen LogP) is 3.14. The lowest BCUT2D eigenvalue weighted by Crippen LogP contribution is -2.20. The molecule has 1 aliphatic rings. The van der Waals surface area contributed by atoms with E-state index in [4.69, 9.17) is 0 Å². The third-order valence-corrected chi connectivity index (χ3v) is 3.58. The van der Waals surface area contributed by atoms with E-state index in [1.54, 1.807) is 0 Å². The zero-order valence-electron chi connectivity index (χ0n) is 11.4. The SMILES string of the molecule is COC(=O)/C(=C\c1ccc(F)cc1)C(=O)C1CCCC1. The molecule has 0 heterocycles. The van der Waals surface area contributed by atoms with E-state index in [0.29, 0.717) is 5.56 Å². The second kappa shape index (κ2) is 6.46. The van der Waals surface area contributed by atoms with Crippen LogP contribution in [0.4, 0.5) is 4.39 Å². The molecule has 0 amide bonds. The Bertz CT molecular complexity index is 525. The fourth-order valence-corrected chi connectivity index (χ4v) is 2.47. The van der Waals surface area contributed by atoms with Crippen LogP contribution in [0.3, 0.4) is 0 Å². The number of benzene rings is 1. The molecule has 0 unspecified atom stereocenters. The molecule has 1 fully saturated rings. The Morgan fingerprint density at radius 3 is 2.35 bits per heavy atom. The van der Waals surface area contributed by atoms with Crippen molar-refractivity contribution in [3.05, 3.63) is 41.2 Å². The molecule has 1 aliphatic carbocycles. The summed E-state index contributed by atoms with van der Waals surface area (Å²) in [6.45, 7) is 0. The molecule has 4 heteroatoms. The summed E-state index contributed by atoms with van der Waals surface area (Å²) in [5.74, 6) is -1.26. The van der Waals surface area contributed by atoms with Crippen molar-refractivity contribution >= 4 is 17.8 Å². The summed E-state index contributed by atoms with van der Waals surface area (Å²) in [7, 11) is 1.25. The number of halogens is 1. The third-order valence-electron chi connectivity index (χ3n) is 3.58. The van der Waals surface area contributed by atoms with Crippen molar-refractivity contribution in [1.82, 2.24) is 0 Å². The smallest absolute Gasteiger partial charge is 0.341 e. The largest absolute Gasteiger partial charge is 0.465 e. The van der Waals surface area contributed by atoms with Gasteiger partial charge in [-0.3, -0.25) is 4.79 Å². The zero-order valence-corrected chi connectivity index (χ0v) is 11.4. The van der Waals surface area contributed by atoms with Crippen molar-refractivity contribution in [3.8, 4) is 0 Å². The monoisotopic (exact) mass is 276 g/mol. The van der Waals surface area contributed by atoms with Gasteiger partial charge in [-0.2, -0.15) is 0 Å². The second-order valence-corrected chi connectivity index (χ2v) is 4.95. The quantitative estimate of drug-likeness (QED) is 0.367. The maximum atomic E-state index is 12.9. The Labute approximate surface area is 117 Å². The lowest BCUT2D eigenvalue weighted by Gasteiger charge is -2.10. The number of methoxy groups -OCH3 is 1. The summed E-state index contributed by atoms with van der Waals surface area (Å²) in [6, 6.07) is 5.64. The van der Waals surface area contributed by atoms with Crippen molar-refractivity contribution < 1.29 is 18.7 Å². The van der Waals surface area contributed by atoms with Crippen molar-refractivity contribution in [2.24, 2.45) is 5.92 Å². The van der Waals surface area contributed by atoms with E-state index in [1.807, 2.05) is 0 Å². The van der Waals surface area contributed by atoms with Crippen LogP contribution in [-0.4, -0.2) is 18.9 Å². The molecule has 2 rings (SSSR count). The molecular weight excluding hydrogens is 259 g/mol. The van der Waals surface area contributed by atoms with Gasteiger partial charge in [-0.25, -0.2) is 9.18 Å². The highest BCUT2D eigenvalue weighted by Gasteiger charge is 2.29. The maximum Gasteiger partial charge on any atom is 0.341 e. The van der Waals surface area contributed by atoms with Crippen LogP contribution in [0.5, 0.6) is 0 Å². The first-order valence-electron chi connectivity index (χ1n) is 6.71. The summed E-state index contributed by atoms with van der Waals surface area (Å²) in [5, 5.41) is 0. The van der Waals surface area contributed by atoms with Gasteiger partial charge in [0, 0.05) is 5.92 Å². The number of rotatable bonds is 4. The molecule has 0 radical (unpaired) electrons. The zero-order chi connectivity index (χ0) is 14.5. The fraction of sp³-hybridized carbons (Fsp3) is 0.375. The van der Waals surface area contributed by atoms with Crippen molar-refractivity contribution in [2.45, 2.75) is 25.7 Å². The Morgan fingerprint density at radius 1 is 1.20 bits per heavy atom. The third kappa shape index (κ3) is 3.32. The van der Waals surface area contributed by atoms with E-state index in [9.17, 15) is 14.0 Å². The molecule has 0 aromatic heterocycles. The number of ketones is 1. The van der Waals surface area contributed by atoms with Crippen LogP contribution in [0.1, 0.15) is 31.2 Å². The highest BCUT2D eigenvalue weighted by Crippen LogP contribution is 2.28. The highest BCUT2D eigenvalue weighted by molar-refractivity contribution is 6.21. The minimum Gasteiger partial charge on any atom is -0.465 e. The molecule has 0 bridgehead atoms. The van der Waals surface area contributed by atoms with Crippen LogP contribution in [0, 0.1) is 11.7 Å². The topological polar surface area (TPSA) is 43.4 Å². The lowest BCUT2D eigenvalue weighted by molar-refractivity contribution is -0.138. The fourth-order valence-electron chi connectivity index (χ4n) is 2.47. The molecule has 0 saturated heterocycles. The maximum absolute atomic E-state index is 12.9. The normalized spacial score (nSPS) is 16.2. The van der Waals surface area contributed by atoms with Gasteiger partial charge >= 0.3 is 5.97 Å². The Balaban J connectivity index is 2.29. The van der Waals surface area contributed by atoms with Gasteiger partial charge in [0.2, 0.25) is 0 Å². The van der Waals surface area contributed by atoms with E-state index in [-0.39, 0.29) is 23.1 Å². The first-order chi connectivity index (χ1) is 9.61. The van der Waals surface area contributed by atoms with Crippen molar-refractivity contribution in [1.29, 1.82) is 0 Å². The summed E-state index contributed by atoms with van der Waals surface area (Å²) in [6.07, 6.45) is 5.14. The van der Waals surface area contributed by atoms with E-state index in [2.05, 4.69) is 4.74 Å². The molecule has 0 aliphatic heterocycles. The van der Waals surface area contributed by atoms with E-state index in [0.717, 1.165) is 25.7 Å². The van der Waals surface area contributed by atoms with E-state index in [1.165, 1.54) is 37.5 Å². The molecule has 1 aromatic rings. The summed E-state index contributed by atoms with van der Waals surface area (Å²) in [4.78, 5) is 24.2. The standard InChI is InChI=1S/C16H17FO3/c1-20-16(19)14(15(18)12-4-2-3-5-12)10-11-6-8-13(17)9-7-11/h6-10,12H,2-5H2,1H3/b14-10-. The molecular formula is C16H17FO3. The summed E-state index contributed by atoms with van der Waals surface area (Å²) >= 11 is 0. The summed E-state index contributed by atoms with van der Waals surface area (Å²) in [5.41, 5.74) is 0.657. The Morgan fingerprint density at radius 2 is 1.80 bits per heavy atom. The van der Waals surface area contributed by atoms with Crippen molar-refractivity contribution in [2.75, 3.05) is 7.11 Å². The van der Waals surface area contributed by atoms with Crippen LogP contribution in [-0.2, 0) is 14.3 Å². The van der Waals surface area contributed by atoms with Gasteiger partial charge in [0.1, 0.15) is 11.4 Å². The van der Waals surface area contributed by atoms with Crippen molar-refractivity contribution in [3.63, 3.8) is 0 Å². The van der Waals surface area contributed by atoms with Gasteiger partial charge < -0.3 is 4.74 Å². The van der Waals surface area contributed by atoms with Crippen LogP contribution in [0.2, 0.25) is 0 Å². The minimum atomic E-state index is -0.633. The van der Waals surface area contributed by atoms with Gasteiger partial charge in [0.15, 0.2) is 5.78 Å². The van der Waals surface area contributed by atoms with Gasteiger partial charge in [-0.15, -0.1) is 0 Å². The average molecular weight is 276 g/mol. The van der Waals surface area contributed by atoms with Crippen LogP contribution >= 0.6 is 0 Å². The molecule has 0 spiro atoms. The first kappa shape index (κ1) is 14.4. The van der Waals surface area contributed by atoms with Gasteiger partial charge in [0.25, 0.3) is 0 Å². The van der Waals surface area contributed by atoms with Gasteiger partial charge in [-0.05, 0) is 36.6 Å². The Kier molecular flexibility index (Phi) is 4.66. The molecule has 1 aromatic carbocycles. The summed E-state index contributed by atoms with van der Waals surface area (Å²) < 4.78 is 17.6. The number of carbonyl (C=O) groups is 2. The van der Waals surface area contributed by atoms with E-state index >= 15 is 0 Å². The molecule has 20 heavy (non-hydrogen) atoms. The average Bonchev–Trinajstić information content (AvgIpc) is 2.99. The number of ether oxygens (including phenoxy) is 1. The molecule has 3 nitrogen and oxygen atoms in total.